The number of primary amides is 1. The first kappa shape index (κ1) is 17.3. The molecule has 0 saturated carbocycles. The lowest BCUT2D eigenvalue weighted by atomic mass is 10.1. The third-order valence-corrected chi connectivity index (χ3v) is 2.98. The molecule has 0 bridgehead atoms. The van der Waals surface area contributed by atoms with Crippen molar-refractivity contribution < 1.29 is 27.5 Å². The zero-order valence-electron chi connectivity index (χ0n) is 12.3. The second kappa shape index (κ2) is 7.49. The second-order valence-corrected chi connectivity index (χ2v) is 4.84. The summed E-state index contributed by atoms with van der Waals surface area (Å²) in [6.45, 7) is -0.253. The summed E-state index contributed by atoms with van der Waals surface area (Å²) >= 11 is 0. The van der Waals surface area contributed by atoms with Crippen molar-refractivity contribution in [2.75, 3.05) is 6.61 Å². The molecule has 0 spiro atoms. The average Bonchev–Trinajstić information content (AvgIpc) is 2.55. The Hall–Kier alpha value is -3.03. The van der Waals surface area contributed by atoms with Gasteiger partial charge in [0.05, 0.1) is 0 Å². The zero-order valence-corrected chi connectivity index (χ0v) is 12.3. The van der Waals surface area contributed by atoms with Crippen LogP contribution in [-0.2, 0) is 11.3 Å². The Morgan fingerprint density at radius 2 is 1.75 bits per heavy atom. The number of amides is 2. The van der Waals surface area contributed by atoms with E-state index in [0.29, 0.717) is 23.4 Å². The van der Waals surface area contributed by atoms with Crippen LogP contribution in [0.25, 0.3) is 0 Å². The van der Waals surface area contributed by atoms with Gasteiger partial charge in [-0.15, -0.1) is 0 Å². The number of halogens is 3. The van der Waals surface area contributed by atoms with Crippen molar-refractivity contribution in [3.05, 3.63) is 65.0 Å². The Bertz CT molecular complexity index is 758. The predicted octanol–water partition coefficient (Wildman–Crippen LogP) is 1.90. The molecule has 126 valence electrons. The number of hydrogen-bond donors (Lipinski definition) is 2. The van der Waals surface area contributed by atoms with Crippen LogP contribution in [0.1, 0.15) is 15.9 Å². The highest BCUT2D eigenvalue weighted by Gasteiger charge is 2.14. The minimum Gasteiger partial charge on any atom is -0.484 e. The van der Waals surface area contributed by atoms with Crippen LogP contribution in [-0.4, -0.2) is 18.4 Å². The quantitative estimate of drug-likeness (QED) is 0.790. The van der Waals surface area contributed by atoms with Gasteiger partial charge in [0.1, 0.15) is 5.75 Å². The van der Waals surface area contributed by atoms with Crippen LogP contribution in [0.2, 0.25) is 0 Å². The number of carbonyl (C=O) groups excluding carboxylic acids is 2. The van der Waals surface area contributed by atoms with Crippen LogP contribution >= 0.6 is 0 Å². The molecule has 8 heteroatoms. The van der Waals surface area contributed by atoms with E-state index in [1.165, 1.54) is 0 Å². The Labute approximate surface area is 135 Å². The van der Waals surface area contributed by atoms with Crippen LogP contribution in [0.5, 0.6) is 5.75 Å². The van der Waals surface area contributed by atoms with Gasteiger partial charge in [-0.2, -0.15) is 0 Å². The van der Waals surface area contributed by atoms with Gasteiger partial charge in [-0.05, 0) is 29.8 Å². The molecule has 2 amide bonds. The number of benzene rings is 2. The fourth-order valence-electron chi connectivity index (χ4n) is 1.87. The highest BCUT2D eigenvalue weighted by Crippen LogP contribution is 2.15. The van der Waals surface area contributed by atoms with Crippen molar-refractivity contribution in [1.29, 1.82) is 0 Å². The highest BCUT2D eigenvalue weighted by atomic mass is 19.2. The molecule has 2 aromatic carbocycles. The molecule has 0 aliphatic carbocycles. The van der Waals surface area contributed by atoms with Crippen LogP contribution in [0.3, 0.4) is 0 Å². The van der Waals surface area contributed by atoms with Gasteiger partial charge in [-0.25, -0.2) is 13.2 Å². The van der Waals surface area contributed by atoms with Gasteiger partial charge in [0.25, 0.3) is 11.8 Å². The molecule has 0 aliphatic rings. The van der Waals surface area contributed by atoms with Gasteiger partial charge < -0.3 is 15.8 Å². The molecule has 0 aliphatic heterocycles. The van der Waals surface area contributed by atoms with Gasteiger partial charge in [-0.1, -0.05) is 12.1 Å². The Morgan fingerprint density at radius 3 is 2.38 bits per heavy atom. The minimum absolute atomic E-state index is 0.0349. The van der Waals surface area contributed by atoms with Gasteiger partial charge in [0, 0.05) is 12.1 Å². The fourth-order valence-corrected chi connectivity index (χ4v) is 1.87. The monoisotopic (exact) mass is 338 g/mol. The summed E-state index contributed by atoms with van der Waals surface area (Å²) in [4.78, 5) is 22.5. The Balaban J connectivity index is 2.01. The lowest BCUT2D eigenvalue weighted by molar-refractivity contribution is -0.119. The number of carbonyl (C=O) groups is 2. The number of nitrogens with one attached hydrogen (secondary N) is 1. The molecule has 0 radical (unpaired) electrons. The minimum atomic E-state index is -1.63. The van der Waals surface area contributed by atoms with E-state index < -0.39 is 29.3 Å². The molecule has 0 aromatic heterocycles. The van der Waals surface area contributed by atoms with Crippen molar-refractivity contribution in [2.24, 2.45) is 5.73 Å². The summed E-state index contributed by atoms with van der Waals surface area (Å²) in [6, 6.07) is 7.69. The summed E-state index contributed by atoms with van der Waals surface area (Å²) in [5, 5.41) is 2.44. The second-order valence-electron chi connectivity index (χ2n) is 4.84. The van der Waals surface area contributed by atoms with E-state index in [2.05, 4.69) is 5.32 Å². The molecule has 0 heterocycles. The third-order valence-electron chi connectivity index (χ3n) is 2.98. The van der Waals surface area contributed by atoms with Crippen molar-refractivity contribution in [1.82, 2.24) is 5.32 Å². The first-order valence-corrected chi connectivity index (χ1v) is 6.79. The lowest BCUT2D eigenvalue weighted by Gasteiger charge is -2.08. The van der Waals surface area contributed by atoms with Gasteiger partial charge in [0.15, 0.2) is 24.1 Å². The van der Waals surface area contributed by atoms with Crippen molar-refractivity contribution in [3.8, 4) is 5.75 Å². The maximum absolute atomic E-state index is 13.1. The lowest BCUT2D eigenvalue weighted by Crippen LogP contribution is -2.23. The van der Waals surface area contributed by atoms with E-state index in [4.69, 9.17) is 10.5 Å². The molecule has 0 unspecified atom stereocenters. The summed E-state index contributed by atoms with van der Waals surface area (Å²) in [5.41, 5.74) is 5.25. The van der Waals surface area contributed by atoms with Gasteiger partial charge in [-0.3, -0.25) is 9.59 Å². The van der Waals surface area contributed by atoms with E-state index in [1.807, 2.05) is 0 Å². The number of nitrogens with two attached hydrogens (primary N) is 1. The smallest absolute Gasteiger partial charge is 0.255 e. The van der Waals surface area contributed by atoms with Crippen LogP contribution < -0.4 is 15.8 Å². The summed E-state index contributed by atoms with van der Waals surface area (Å²) < 4.78 is 44.2. The third kappa shape index (κ3) is 4.48. The number of rotatable bonds is 6. The van der Waals surface area contributed by atoms with Crippen LogP contribution in [0, 0.1) is 17.5 Å². The molecule has 2 aromatic rings. The van der Waals surface area contributed by atoms with E-state index in [-0.39, 0.29) is 18.7 Å². The Morgan fingerprint density at radius 1 is 1.08 bits per heavy atom. The molecule has 3 N–H and O–H groups in total. The van der Waals surface area contributed by atoms with Crippen LogP contribution in [0.15, 0.2) is 36.4 Å². The predicted molar refractivity (Wildman–Crippen MR) is 78.6 cm³/mol. The van der Waals surface area contributed by atoms with E-state index in [0.717, 1.165) is 0 Å². The fraction of sp³-hybridized carbons (Fsp3) is 0.125. The molecular formula is C16H13F3N2O3. The van der Waals surface area contributed by atoms with Crippen molar-refractivity contribution in [2.45, 2.75) is 6.54 Å². The standard InChI is InChI=1S/C16H13F3N2O3/c17-12-5-10(6-13(18)15(12)19)16(23)21-7-9-2-1-3-11(4-9)24-8-14(20)22/h1-6H,7-8H2,(H2,20,22)(H,21,23). The van der Waals surface area contributed by atoms with Crippen LogP contribution in [0.4, 0.5) is 13.2 Å². The van der Waals surface area contributed by atoms with Crippen molar-refractivity contribution in [3.63, 3.8) is 0 Å². The topological polar surface area (TPSA) is 81.4 Å². The normalized spacial score (nSPS) is 10.3. The first-order valence-electron chi connectivity index (χ1n) is 6.79. The van der Waals surface area contributed by atoms with Gasteiger partial charge in [0.2, 0.25) is 0 Å². The first-order chi connectivity index (χ1) is 11.4. The highest BCUT2D eigenvalue weighted by molar-refractivity contribution is 5.94. The van der Waals surface area contributed by atoms with Crippen molar-refractivity contribution >= 4 is 11.8 Å². The number of hydrogen-bond acceptors (Lipinski definition) is 3. The molecule has 0 fully saturated rings. The molecule has 5 nitrogen and oxygen atoms in total. The van der Waals surface area contributed by atoms with E-state index in [9.17, 15) is 22.8 Å². The summed E-state index contributed by atoms with van der Waals surface area (Å²) in [5.74, 6) is -5.54. The largest absolute Gasteiger partial charge is 0.484 e. The zero-order chi connectivity index (χ0) is 17.7. The molecule has 24 heavy (non-hydrogen) atoms. The average molecular weight is 338 g/mol. The molecule has 0 atom stereocenters. The summed E-state index contributed by atoms with van der Waals surface area (Å²) in [6.07, 6.45) is 0. The summed E-state index contributed by atoms with van der Waals surface area (Å²) in [7, 11) is 0. The number of ether oxygens (including phenoxy) is 1. The SMILES string of the molecule is NC(=O)COc1cccc(CNC(=O)c2cc(F)c(F)c(F)c2)c1. The molecular weight excluding hydrogens is 325 g/mol. The van der Waals surface area contributed by atoms with Gasteiger partial charge >= 0.3 is 0 Å². The maximum Gasteiger partial charge on any atom is 0.255 e. The van der Waals surface area contributed by atoms with E-state index in [1.54, 1.807) is 24.3 Å². The maximum atomic E-state index is 13.1. The molecule has 0 saturated heterocycles. The molecule has 2 rings (SSSR count). The Kier molecular flexibility index (Phi) is 5.41. The van der Waals surface area contributed by atoms with E-state index >= 15 is 0 Å².